The molecule has 0 aliphatic rings. The van der Waals surface area contributed by atoms with Crippen molar-refractivity contribution in [1.29, 1.82) is 0 Å². The average Bonchev–Trinajstić information content (AvgIpc) is 2.75. The molecule has 0 saturated heterocycles. The van der Waals surface area contributed by atoms with Crippen LogP contribution in [0.4, 0.5) is 37.7 Å². The van der Waals surface area contributed by atoms with Gasteiger partial charge in [-0.15, -0.1) is 0 Å². The summed E-state index contributed by atoms with van der Waals surface area (Å²) in [4.78, 5) is -1.66. The number of benzene rings is 3. The van der Waals surface area contributed by atoms with Crippen LogP contribution in [0.2, 0.25) is 0 Å². The Morgan fingerprint density at radius 2 is 1.06 bits per heavy atom. The van der Waals surface area contributed by atoms with Crippen LogP contribution >= 0.6 is 0 Å². The summed E-state index contributed by atoms with van der Waals surface area (Å²) in [5, 5.41) is 10.1. The first kappa shape index (κ1) is 26.2. The Labute approximate surface area is 195 Å². The Morgan fingerprint density at radius 1 is 0.629 bits per heavy atom. The van der Waals surface area contributed by atoms with Gasteiger partial charge in [-0.3, -0.25) is 9.44 Å². The van der Waals surface area contributed by atoms with Crippen LogP contribution in [0, 0.1) is 0 Å². The van der Waals surface area contributed by atoms with Crippen molar-refractivity contribution in [2.24, 2.45) is 0 Å². The molecule has 0 unspecified atom stereocenters. The van der Waals surface area contributed by atoms with E-state index in [0.717, 1.165) is 42.5 Å². The van der Waals surface area contributed by atoms with Crippen molar-refractivity contribution in [3.63, 3.8) is 0 Å². The van der Waals surface area contributed by atoms with Gasteiger partial charge >= 0.3 is 12.4 Å². The molecule has 7 nitrogen and oxygen atoms in total. The van der Waals surface area contributed by atoms with Crippen LogP contribution in [0.1, 0.15) is 11.1 Å². The summed E-state index contributed by atoms with van der Waals surface area (Å²) in [6, 6.07) is 8.35. The lowest BCUT2D eigenvalue weighted by Gasteiger charge is -2.17. The molecule has 0 atom stereocenters. The first-order chi connectivity index (χ1) is 16.0. The van der Waals surface area contributed by atoms with Gasteiger partial charge < -0.3 is 5.11 Å². The van der Waals surface area contributed by atoms with Crippen LogP contribution in [-0.2, 0) is 32.4 Å². The van der Waals surface area contributed by atoms with E-state index in [9.17, 15) is 48.3 Å². The molecule has 188 valence electrons. The highest BCUT2D eigenvalue weighted by atomic mass is 32.2. The molecule has 0 aliphatic carbocycles. The Bertz CT molecular complexity index is 1470. The standard InChI is InChI=1S/C20H14F6N2O5S2/c21-19(22,23)12-4-1-6-14(10-12)34(30,31)27-16-8-3-9-17(29)18(16)28-35(32,33)15-7-2-5-13(11-15)20(24,25)26/h1-11,27-29H. The molecule has 0 fully saturated rings. The normalized spacial score (nSPS) is 12.9. The summed E-state index contributed by atoms with van der Waals surface area (Å²) >= 11 is 0. The van der Waals surface area contributed by atoms with Gasteiger partial charge in [-0.2, -0.15) is 26.3 Å². The zero-order valence-corrected chi connectivity index (χ0v) is 18.6. The second kappa shape index (κ2) is 8.96. The molecule has 3 aromatic carbocycles. The number of halogens is 6. The predicted molar refractivity (Wildman–Crippen MR) is 113 cm³/mol. The van der Waals surface area contributed by atoms with Crippen molar-refractivity contribution in [3.05, 3.63) is 77.9 Å². The van der Waals surface area contributed by atoms with Crippen molar-refractivity contribution >= 4 is 31.4 Å². The van der Waals surface area contributed by atoms with Crippen molar-refractivity contribution in [2.75, 3.05) is 9.44 Å². The van der Waals surface area contributed by atoms with Crippen LogP contribution < -0.4 is 9.44 Å². The zero-order valence-electron chi connectivity index (χ0n) is 17.0. The number of phenolic OH excluding ortho intramolecular Hbond substituents is 1. The molecule has 0 aromatic heterocycles. The summed E-state index contributed by atoms with van der Waals surface area (Å²) in [6.45, 7) is 0. The number of sulfonamides is 2. The van der Waals surface area contributed by atoms with E-state index in [1.165, 1.54) is 0 Å². The van der Waals surface area contributed by atoms with Crippen LogP contribution in [0.3, 0.4) is 0 Å². The number of hydrogen-bond donors (Lipinski definition) is 3. The van der Waals surface area contributed by atoms with E-state index < -0.39 is 70.4 Å². The number of nitrogens with one attached hydrogen (secondary N) is 2. The molecule has 15 heteroatoms. The summed E-state index contributed by atoms with van der Waals surface area (Å²) in [5.74, 6) is -0.815. The fourth-order valence-corrected chi connectivity index (χ4v) is 5.07. The van der Waals surface area contributed by atoms with Crippen molar-refractivity contribution in [2.45, 2.75) is 22.1 Å². The third-order valence-electron chi connectivity index (χ3n) is 4.47. The Hall–Kier alpha value is -3.46. The smallest absolute Gasteiger partial charge is 0.416 e. The van der Waals surface area contributed by atoms with E-state index >= 15 is 0 Å². The van der Waals surface area contributed by atoms with E-state index in [2.05, 4.69) is 0 Å². The van der Waals surface area contributed by atoms with Gasteiger partial charge in [0.15, 0.2) is 0 Å². The number of anilines is 2. The van der Waals surface area contributed by atoms with E-state index in [0.29, 0.717) is 24.3 Å². The third-order valence-corrected chi connectivity index (χ3v) is 7.18. The maximum atomic E-state index is 13.0. The van der Waals surface area contributed by atoms with Gasteiger partial charge in [0.1, 0.15) is 11.4 Å². The van der Waals surface area contributed by atoms with Crippen molar-refractivity contribution in [1.82, 2.24) is 0 Å². The van der Waals surface area contributed by atoms with Gasteiger partial charge in [0, 0.05) is 0 Å². The van der Waals surface area contributed by atoms with E-state index in [-0.39, 0.29) is 0 Å². The van der Waals surface area contributed by atoms with Crippen molar-refractivity contribution < 1.29 is 48.3 Å². The maximum absolute atomic E-state index is 13.0. The Balaban J connectivity index is 2.00. The largest absolute Gasteiger partial charge is 0.506 e. The highest BCUT2D eigenvalue weighted by molar-refractivity contribution is 7.93. The number of hydrogen-bond acceptors (Lipinski definition) is 5. The second-order valence-corrected chi connectivity index (χ2v) is 10.3. The third kappa shape index (κ3) is 5.97. The molecule has 0 amide bonds. The first-order valence-electron chi connectivity index (χ1n) is 9.23. The average molecular weight is 540 g/mol. The maximum Gasteiger partial charge on any atom is 0.416 e. The molecule has 0 saturated carbocycles. The Kier molecular flexibility index (Phi) is 6.69. The van der Waals surface area contributed by atoms with E-state index in [4.69, 9.17) is 0 Å². The number of rotatable bonds is 6. The number of phenols is 1. The van der Waals surface area contributed by atoms with Gasteiger partial charge in [0.2, 0.25) is 0 Å². The van der Waals surface area contributed by atoms with Crippen LogP contribution in [-0.4, -0.2) is 21.9 Å². The van der Waals surface area contributed by atoms with Gasteiger partial charge in [-0.1, -0.05) is 18.2 Å². The predicted octanol–water partition coefficient (Wildman–Crippen LogP) is 5.03. The molecule has 3 aromatic rings. The molecular formula is C20H14F6N2O5S2. The molecule has 0 radical (unpaired) electrons. The molecule has 3 rings (SSSR count). The molecular weight excluding hydrogens is 526 g/mol. The SMILES string of the molecule is O=S(=O)(Nc1cccc(O)c1NS(=O)(=O)c1cccc(C(F)(F)F)c1)c1cccc(C(F)(F)F)c1. The summed E-state index contributed by atoms with van der Waals surface area (Å²) in [7, 11) is -9.51. The zero-order chi connectivity index (χ0) is 26.2. The van der Waals surface area contributed by atoms with E-state index in [1.807, 2.05) is 9.44 Å². The minimum Gasteiger partial charge on any atom is -0.506 e. The van der Waals surface area contributed by atoms with E-state index in [1.54, 1.807) is 0 Å². The van der Waals surface area contributed by atoms with Crippen LogP contribution in [0.5, 0.6) is 5.75 Å². The molecule has 0 heterocycles. The van der Waals surface area contributed by atoms with Gasteiger partial charge in [-0.25, -0.2) is 16.8 Å². The molecule has 3 N–H and O–H groups in total. The minimum atomic E-state index is -4.85. The van der Waals surface area contributed by atoms with Gasteiger partial charge in [-0.05, 0) is 48.5 Å². The quantitative estimate of drug-likeness (QED) is 0.300. The Morgan fingerprint density at radius 3 is 1.51 bits per heavy atom. The summed E-state index contributed by atoms with van der Waals surface area (Å²) < 4.78 is 132. The lowest BCUT2D eigenvalue weighted by atomic mass is 10.2. The monoisotopic (exact) mass is 540 g/mol. The molecule has 35 heavy (non-hydrogen) atoms. The topological polar surface area (TPSA) is 113 Å². The van der Waals surface area contributed by atoms with Crippen molar-refractivity contribution in [3.8, 4) is 5.75 Å². The van der Waals surface area contributed by atoms with Gasteiger partial charge in [0.25, 0.3) is 20.0 Å². The summed E-state index contributed by atoms with van der Waals surface area (Å²) in [6.07, 6.45) is -9.70. The lowest BCUT2D eigenvalue weighted by Crippen LogP contribution is -2.18. The molecule has 0 bridgehead atoms. The highest BCUT2D eigenvalue weighted by Crippen LogP contribution is 2.37. The summed E-state index contributed by atoms with van der Waals surface area (Å²) in [5.41, 5.74) is -3.90. The molecule has 0 spiro atoms. The fourth-order valence-electron chi connectivity index (χ4n) is 2.81. The minimum absolute atomic E-state index is 0.328. The number of para-hydroxylation sites is 1. The first-order valence-corrected chi connectivity index (χ1v) is 12.2. The highest BCUT2D eigenvalue weighted by Gasteiger charge is 2.33. The lowest BCUT2D eigenvalue weighted by molar-refractivity contribution is -0.138. The number of aromatic hydroxyl groups is 1. The second-order valence-electron chi connectivity index (χ2n) is 6.96. The van der Waals surface area contributed by atoms with Crippen LogP contribution in [0.25, 0.3) is 0 Å². The van der Waals surface area contributed by atoms with Gasteiger partial charge in [0.05, 0.1) is 26.6 Å². The number of alkyl halides is 6. The molecule has 0 aliphatic heterocycles. The van der Waals surface area contributed by atoms with Crippen LogP contribution in [0.15, 0.2) is 76.5 Å². The fraction of sp³-hybridized carbons (Fsp3) is 0.100.